The summed E-state index contributed by atoms with van der Waals surface area (Å²) in [6.45, 7) is 9.12. The highest BCUT2D eigenvalue weighted by Crippen LogP contribution is 2.32. The molecular formula is C18H31N6O2+. The van der Waals surface area contributed by atoms with E-state index in [4.69, 9.17) is 10.5 Å². The molecule has 3 N–H and O–H groups in total. The van der Waals surface area contributed by atoms with Crippen molar-refractivity contribution in [1.82, 2.24) is 19.4 Å². The van der Waals surface area contributed by atoms with Gasteiger partial charge in [-0.2, -0.15) is 0 Å². The molecular weight excluding hydrogens is 332 g/mol. The van der Waals surface area contributed by atoms with Crippen LogP contribution in [0.1, 0.15) is 46.3 Å². The van der Waals surface area contributed by atoms with Crippen LogP contribution in [0.3, 0.4) is 0 Å². The average molecular weight is 363 g/mol. The highest BCUT2D eigenvalue weighted by atomic mass is 16.5. The van der Waals surface area contributed by atoms with Crippen molar-refractivity contribution in [2.75, 3.05) is 25.9 Å². The molecule has 0 bridgehead atoms. The van der Waals surface area contributed by atoms with E-state index < -0.39 is 0 Å². The minimum atomic E-state index is -0.206. The number of H-pyrrole nitrogens is 1. The van der Waals surface area contributed by atoms with E-state index in [2.05, 4.69) is 42.7 Å². The van der Waals surface area contributed by atoms with Crippen LogP contribution in [-0.2, 0) is 11.3 Å². The number of anilines is 1. The Bertz CT molecular complexity index is 814. The fraction of sp³-hybridized carbons (Fsp3) is 0.722. The van der Waals surface area contributed by atoms with Crippen molar-refractivity contribution in [3.8, 4) is 0 Å². The third kappa shape index (κ3) is 3.61. The van der Waals surface area contributed by atoms with Gasteiger partial charge in [0.2, 0.25) is 5.52 Å². The van der Waals surface area contributed by atoms with Crippen LogP contribution >= 0.6 is 0 Å². The maximum atomic E-state index is 12.5. The molecule has 144 valence electrons. The number of fused-ring (bicyclic) bond motifs is 1. The molecule has 0 unspecified atom stereocenters. The lowest BCUT2D eigenvalue weighted by molar-refractivity contribution is -0.739. The molecule has 1 aliphatic heterocycles. The Balaban J connectivity index is 1.97. The van der Waals surface area contributed by atoms with Crippen LogP contribution in [0, 0.1) is 5.92 Å². The number of aromatic nitrogens is 4. The van der Waals surface area contributed by atoms with Crippen LogP contribution in [0.4, 0.5) is 5.95 Å². The Labute approximate surface area is 154 Å². The molecule has 3 atom stereocenters. The van der Waals surface area contributed by atoms with Crippen molar-refractivity contribution < 1.29 is 9.30 Å². The number of nitrogen functional groups attached to an aromatic ring is 1. The molecule has 8 heteroatoms. The summed E-state index contributed by atoms with van der Waals surface area (Å²) >= 11 is 0. The standard InChI is InChI=1S/C18H30N6O2/c1-5-7-22(4)8-9-23-11-24(14-10-12(3)13(6-2)26-14)16-15(23)17(25)21-18(19)20-16/h11-14H,5-10H2,1-4H3,(H2-,19,20,21,25)/p+1/t12-,13-,14-/m1/s1. The van der Waals surface area contributed by atoms with Gasteiger partial charge in [0.05, 0.1) is 12.6 Å². The molecule has 0 radical (unpaired) electrons. The SMILES string of the molecule is CCCN(C)CCn1c[n+]([C@H]2C[C@@H](C)[C@@H](CC)O2)c2nc(N)[nH]c(=O)c21. The average Bonchev–Trinajstić information content (AvgIpc) is 3.13. The number of hydrogen-bond donors (Lipinski definition) is 2. The van der Waals surface area contributed by atoms with E-state index in [1.807, 2.05) is 15.5 Å². The number of nitrogens with one attached hydrogen (secondary N) is 1. The number of nitrogens with zero attached hydrogens (tertiary/aromatic N) is 4. The summed E-state index contributed by atoms with van der Waals surface area (Å²) < 4.78 is 10.2. The zero-order valence-corrected chi connectivity index (χ0v) is 16.2. The summed E-state index contributed by atoms with van der Waals surface area (Å²) in [7, 11) is 2.09. The molecule has 2 aromatic rings. The van der Waals surface area contributed by atoms with Gasteiger partial charge in [-0.25, -0.2) is 4.57 Å². The predicted octanol–water partition coefficient (Wildman–Crippen LogP) is 1.27. The van der Waals surface area contributed by atoms with Gasteiger partial charge in [0.1, 0.15) is 0 Å². The summed E-state index contributed by atoms with van der Waals surface area (Å²) in [6, 6.07) is 0. The van der Waals surface area contributed by atoms with Crippen molar-refractivity contribution in [2.45, 2.75) is 58.9 Å². The Kier molecular flexibility index (Phi) is 5.62. The van der Waals surface area contributed by atoms with Gasteiger partial charge in [0.15, 0.2) is 12.6 Å². The third-order valence-corrected chi connectivity index (χ3v) is 5.27. The Morgan fingerprint density at radius 2 is 2.23 bits per heavy atom. The lowest BCUT2D eigenvalue weighted by Crippen LogP contribution is -2.39. The van der Waals surface area contributed by atoms with Gasteiger partial charge in [-0.05, 0) is 32.4 Å². The third-order valence-electron chi connectivity index (χ3n) is 5.27. The van der Waals surface area contributed by atoms with E-state index in [0.29, 0.717) is 23.6 Å². The number of likely N-dealkylation sites (N-methyl/N-ethyl adjacent to an activating group) is 1. The number of ether oxygens (including phenoxy) is 1. The second kappa shape index (κ2) is 7.75. The number of rotatable bonds is 7. The summed E-state index contributed by atoms with van der Waals surface area (Å²) in [5.41, 5.74) is 6.75. The predicted molar refractivity (Wildman–Crippen MR) is 101 cm³/mol. The summed E-state index contributed by atoms with van der Waals surface area (Å²) in [4.78, 5) is 21.8. The second-order valence-corrected chi connectivity index (χ2v) is 7.39. The smallest absolute Gasteiger partial charge is 0.313 e. The van der Waals surface area contributed by atoms with Gasteiger partial charge in [-0.3, -0.25) is 14.3 Å². The van der Waals surface area contributed by atoms with Gasteiger partial charge in [-0.15, -0.1) is 0 Å². The first-order valence-corrected chi connectivity index (χ1v) is 9.58. The summed E-state index contributed by atoms with van der Waals surface area (Å²) in [6.07, 6.45) is 5.08. The van der Waals surface area contributed by atoms with E-state index >= 15 is 0 Å². The fourth-order valence-electron chi connectivity index (χ4n) is 3.86. The van der Waals surface area contributed by atoms with Crippen LogP contribution in [0.25, 0.3) is 11.2 Å². The maximum absolute atomic E-state index is 12.5. The molecule has 1 aliphatic rings. The lowest BCUT2D eigenvalue weighted by Gasteiger charge is -2.14. The topological polar surface area (TPSA) is 93.0 Å². The molecule has 8 nitrogen and oxygen atoms in total. The molecule has 0 amide bonds. The summed E-state index contributed by atoms with van der Waals surface area (Å²) in [5, 5.41) is 0. The fourth-order valence-corrected chi connectivity index (χ4v) is 3.86. The minimum absolute atomic E-state index is 0.110. The zero-order valence-electron chi connectivity index (χ0n) is 16.2. The summed E-state index contributed by atoms with van der Waals surface area (Å²) in [5.74, 6) is 0.612. The quantitative estimate of drug-likeness (QED) is 0.723. The van der Waals surface area contributed by atoms with Crippen molar-refractivity contribution in [3.63, 3.8) is 0 Å². The Hall–Kier alpha value is -1.93. The highest BCUT2D eigenvalue weighted by Gasteiger charge is 2.37. The van der Waals surface area contributed by atoms with Crippen molar-refractivity contribution in [3.05, 3.63) is 16.7 Å². The Morgan fingerprint density at radius 3 is 2.88 bits per heavy atom. The molecule has 1 saturated heterocycles. The van der Waals surface area contributed by atoms with Crippen molar-refractivity contribution >= 4 is 17.1 Å². The van der Waals surface area contributed by atoms with Gasteiger partial charge in [-0.1, -0.05) is 25.8 Å². The highest BCUT2D eigenvalue weighted by molar-refractivity contribution is 5.67. The number of imidazole rings is 1. The number of aromatic amines is 1. The van der Waals surface area contributed by atoms with Crippen LogP contribution in [0.5, 0.6) is 0 Å². The normalized spacial score (nSPS) is 23.3. The van der Waals surface area contributed by atoms with E-state index in [9.17, 15) is 4.79 Å². The van der Waals surface area contributed by atoms with Crippen LogP contribution < -0.4 is 15.9 Å². The molecule has 0 aromatic carbocycles. The van der Waals surface area contributed by atoms with E-state index in [0.717, 1.165) is 32.4 Å². The van der Waals surface area contributed by atoms with Crippen molar-refractivity contribution in [1.29, 1.82) is 0 Å². The first-order valence-electron chi connectivity index (χ1n) is 9.58. The zero-order chi connectivity index (χ0) is 18.8. The minimum Gasteiger partial charge on any atom is -0.355 e. The molecule has 1 fully saturated rings. The Morgan fingerprint density at radius 1 is 1.46 bits per heavy atom. The molecule has 3 heterocycles. The van der Waals surface area contributed by atoms with Gasteiger partial charge >= 0.3 is 5.65 Å². The molecule has 26 heavy (non-hydrogen) atoms. The van der Waals surface area contributed by atoms with Gasteiger partial charge < -0.3 is 15.4 Å². The van der Waals surface area contributed by atoms with Gasteiger partial charge in [0, 0.05) is 13.0 Å². The van der Waals surface area contributed by atoms with Gasteiger partial charge in [0.25, 0.3) is 11.5 Å². The largest absolute Gasteiger partial charge is 0.355 e. The van der Waals surface area contributed by atoms with Crippen LogP contribution in [-0.4, -0.2) is 45.7 Å². The van der Waals surface area contributed by atoms with E-state index in [1.165, 1.54) is 0 Å². The number of nitrogens with two attached hydrogens (primary N) is 1. The molecule has 2 aromatic heterocycles. The molecule has 0 saturated carbocycles. The maximum Gasteiger partial charge on any atom is 0.313 e. The number of hydrogen-bond acceptors (Lipinski definition) is 5. The second-order valence-electron chi connectivity index (χ2n) is 7.39. The van der Waals surface area contributed by atoms with E-state index in [1.54, 1.807) is 0 Å². The van der Waals surface area contributed by atoms with Crippen molar-refractivity contribution in [2.24, 2.45) is 5.92 Å². The monoisotopic (exact) mass is 363 g/mol. The first-order chi connectivity index (χ1) is 12.4. The first kappa shape index (κ1) is 18.8. The van der Waals surface area contributed by atoms with E-state index in [-0.39, 0.29) is 23.8 Å². The lowest BCUT2D eigenvalue weighted by atomic mass is 10.0. The van der Waals surface area contributed by atoms with Crippen LogP contribution in [0.15, 0.2) is 11.1 Å². The molecule has 0 aliphatic carbocycles. The molecule has 3 rings (SSSR count). The molecule has 0 spiro atoms. The van der Waals surface area contributed by atoms with Crippen LogP contribution in [0.2, 0.25) is 0 Å².